The molecule has 1 rings (SSSR count). The van der Waals surface area contributed by atoms with E-state index in [1.807, 2.05) is 24.3 Å². The number of carbonyl (C=O) groups excluding carboxylic acids is 1. The minimum atomic E-state index is -0.904. The maximum absolute atomic E-state index is 11.7. The van der Waals surface area contributed by atoms with Crippen LogP contribution in [0.5, 0.6) is 0 Å². The molecule has 1 aromatic carbocycles. The van der Waals surface area contributed by atoms with Crippen LogP contribution in [0.1, 0.15) is 24.5 Å². The fourth-order valence-electron chi connectivity index (χ4n) is 1.53. The van der Waals surface area contributed by atoms with E-state index in [1.54, 1.807) is 13.1 Å². The van der Waals surface area contributed by atoms with E-state index < -0.39 is 5.97 Å². The Kier molecular flexibility index (Phi) is 5.79. The normalized spacial score (nSPS) is 10.6. The molecular weight excluding hydrogens is 242 g/mol. The molecule has 0 radical (unpaired) electrons. The van der Waals surface area contributed by atoms with E-state index in [4.69, 9.17) is 5.11 Å². The van der Waals surface area contributed by atoms with Crippen molar-refractivity contribution in [2.24, 2.45) is 0 Å². The molecule has 4 nitrogen and oxygen atoms in total. The largest absolute Gasteiger partial charge is 0.481 e. The van der Waals surface area contributed by atoms with E-state index in [-0.39, 0.29) is 18.9 Å². The van der Waals surface area contributed by atoms with Crippen molar-refractivity contribution in [2.75, 3.05) is 13.6 Å². The van der Waals surface area contributed by atoms with Gasteiger partial charge in [-0.3, -0.25) is 9.59 Å². The van der Waals surface area contributed by atoms with Crippen LogP contribution in [0, 0.1) is 0 Å². The van der Waals surface area contributed by atoms with Gasteiger partial charge in [-0.25, -0.2) is 0 Å². The first-order valence-electron chi connectivity index (χ1n) is 6.27. The number of rotatable bonds is 6. The molecule has 0 saturated carbocycles. The molecule has 0 fully saturated rings. The minimum absolute atomic E-state index is 0.0404. The molecule has 0 saturated heterocycles. The lowest BCUT2D eigenvalue weighted by molar-refractivity contribution is -0.137. The number of carbonyl (C=O) groups is 2. The van der Waals surface area contributed by atoms with Gasteiger partial charge in [0, 0.05) is 19.7 Å². The third kappa shape index (κ3) is 5.38. The molecule has 19 heavy (non-hydrogen) atoms. The summed E-state index contributed by atoms with van der Waals surface area (Å²) in [5.41, 5.74) is 2.21. The smallest absolute Gasteiger partial charge is 0.305 e. The monoisotopic (exact) mass is 261 g/mol. The number of aryl methyl sites for hydroxylation is 1. The zero-order chi connectivity index (χ0) is 14.3. The summed E-state index contributed by atoms with van der Waals surface area (Å²) in [6.45, 7) is 2.30. The SMILES string of the molecule is CCc1ccc(C=CC(=O)N(C)CCC(=O)O)cc1. The summed E-state index contributed by atoms with van der Waals surface area (Å²) in [6, 6.07) is 7.97. The summed E-state index contributed by atoms with van der Waals surface area (Å²) < 4.78 is 0. The van der Waals surface area contributed by atoms with Crippen LogP contribution in [0.25, 0.3) is 6.08 Å². The number of aliphatic carboxylic acids is 1. The van der Waals surface area contributed by atoms with Crippen LogP contribution in [-0.4, -0.2) is 35.5 Å². The number of amides is 1. The Morgan fingerprint density at radius 3 is 2.42 bits per heavy atom. The molecule has 0 heterocycles. The first-order valence-corrected chi connectivity index (χ1v) is 6.27. The molecule has 0 aliphatic heterocycles. The number of benzene rings is 1. The van der Waals surface area contributed by atoms with Gasteiger partial charge in [0.05, 0.1) is 6.42 Å². The first kappa shape index (κ1) is 15.0. The second kappa shape index (κ2) is 7.36. The highest BCUT2D eigenvalue weighted by molar-refractivity contribution is 5.91. The third-order valence-electron chi connectivity index (χ3n) is 2.84. The second-order valence-corrected chi connectivity index (χ2v) is 4.33. The number of hydrogen-bond donors (Lipinski definition) is 1. The number of likely N-dealkylation sites (N-methyl/N-ethyl adjacent to an activating group) is 1. The Morgan fingerprint density at radius 2 is 1.89 bits per heavy atom. The van der Waals surface area contributed by atoms with E-state index in [1.165, 1.54) is 16.5 Å². The molecule has 1 N–H and O–H groups in total. The molecule has 102 valence electrons. The maximum atomic E-state index is 11.7. The fraction of sp³-hybridized carbons (Fsp3) is 0.333. The lowest BCUT2D eigenvalue weighted by atomic mass is 10.1. The molecule has 0 bridgehead atoms. The fourth-order valence-corrected chi connectivity index (χ4v) is 1.53. The molecule has 0 aliphatic carbocycles. The first-order chi connectivity index (χ1) is 9.02. The Balaban J connectivity index is 2.54. The van der Waals surface area contributed by atoms with E-state index in [9.17, 15) is 9.59 Å². The van der Waals surface area contributed by atoms with Crippen molar-refractivity contribution in [3.63, 3.8) is 0 Å². The predicted octanol–water partition coefficient (Wildman–Crippen LogP) is 2.20. The third-order valence-corrected chi connectivity index (χ3v) is 2.84. The quantitative estimate of drug-likeness (QED) is 0.799. The van der Waals surface area contributed by atoms with Crippen molar-refractivity contribution in [1.29, 1.82) is 0 Å². The van der Waals surface area contributed by atoms with Gasteiger partial charge in [-0.1, -0.05) is 31.2 Å². The Hall–Kier alpha value is -2.10. The van der Waals surface area contributed by atoms with E-state index in [2.05, 4.69) is 6.92 Å². The van der Waals surface area contributed by atoms with Gasteiger partial charge in [-0.15, -0.1) is 0 Å². The molecule has 0 spiro atoms. The van der Waals surface area contributed by atoms with Crippen LogP contribution < -0.4 is 0 Å². The summed E-state index contributed by atoms with van der Waals surface area (Å²) in [5, 5.41) is 8.55. The number of carboxylic acid groups (broad SMARTS) is 1. The standard InChI is InChI=1S/C15H19NO3/c1-3-12-4-6-13(7-5-12)8-9-14(17)16(2)11-10-15(18)19/h4-9H,3,10-11H2,1-2H3,(H,18,19). The molecule has 0 aliphatic rings. The van der Waals surface area contributed by atoms with Gasteiger partial charge in [-0.05, 0) is 23.6 Å². The molecule has 1 amide bonds. The van der Waals surface area contributed by atoms with E-state index in [0.717, 1.165) is 12.0 Å². The maximum Gasteiger partial charge on any atom is 0.305 e. The van der Waals surface area contributed by atoms with E-state index >= 15 is 0 Å². The summed E-state index contributed by atoms with van der Waals surface area (Å²) in [4.78, 5) is 23.5. The van der Waals surface area contributed by atoms with Gasteiger partial charge in [-0.2, -0.15) is 0 Å². The van der Waals surface area contributed by atoms with Gasteiger partial charge in [0.25, 0.3) is 0 Å². The van der Waals surface area contributed by atoms with Crippen LogP contribution in [0.2, 0.25) is 0 Å². The van der Waals surface area contributed by atoms with Gasteiger partial charge < -0.3 is 10.0 Å². The molecule has 1 aromatic rings. The highest BCUT2D eigenvalue weighted by Gasteiger charge is 2.06. The highest BCUT2D eigenvalue weighted by atomic mass is 16.4. The van der Waals surface area contributed by atoms with Crippen LogP contribution in [0.4, 0.5) is 0 Å². The van der Waals surface area contributed by atoms with Gasteiger partial charge >= 0.3 is 5.97 Å². The summed E-state index contributed by atoms with van der Waals surface area (Å²) in [7, 11) is 1.59. The average molecular weight is 261 g/mol. The van der Waals surface area contributed by atoms with Crippen molar-refractivity contribution >= 4 is 18.0 Å². The van der Waals surface area contributed by atoms with Crippen molar-refractivity contribution in [2.45, 2.75) is 19.8 Å². The van der Waals surface area contributed by atoms with Crippen LogP contribution in [0.3, 0.4) is 0 Å². The average Bonchev–Trinajstić information content (AvgIpc) is 2.42. The zero-order valence-electron chi connectivity index (χ0n) is 11.3. The number of carboxylic acids is 1. The highest BCUT2D eigenvalue weighted by Crippen LogP contribution is 2.07. The minimum Gasteiger partial charge on any atom is -0.481 e. The zero-order valence-corrected chi connectivity index (χ0v) is 11.3. The summed E-state index contributed by atoms with van der Waals surface area (Å²) in [6.07, 6.45) is 4.14. The van der Waals surface area contributed by atoms with E-state index in [0.29, 0.717) is 0 Å². The van der Waals surface area contributed by atoms with Gasteiger partial charge in [0.15, 0.2) is 0 Å². The number of nitrogens with zero attached hydrogens (tertiary/aromatic N) is 1. The van der Waals surface area contributed by atoms with Crippen molar-refractivity contribution < 1.29 is 14.7 Å². The van der Waals surface area contributed by atoms with Gasteiger partial charge in [0.2, 0.25) is 5.91 Å². The van der Waals surface area contributed by atoms with Crippen LogP contribution in [0.15, 0.2) is 30.3 Å². The summed E-state index contributed by atoms with van der Waals surface area (Å²) >= 11 is 0. The van der Waals surface area contributed by atoms with Crippen LogP contribution in [-0.2, 0) is 16.0 Å². The Morgan fingerprint density at radius 1 is 1.26 bits per heavy atom. The lowest BCUT2D eigenvalue weighted by Crippen LogP contribution is -2.27. The van der Waals surface area contributed by atoms with Crippen LogP contribution >= 0.6 is 0 Å². The molecular formula is C15H19NO3. The molecule has 0 atom stereocenters. The van der Waals surface area contributed by atoms with Crippen molar-refractivity contribution in [3.8, 4) is 0 Å². The Labute approximate surface area is 113 Å². The molecule has 4 heteroatoms. The lowest BCUT2D eigenvalue weighted by Gasteiger charge is -2.13. The summed E-state index contributed by atoms with van der Waals surface area (Å²) in [5.74, 6) is -1.10. The Bertz CT molecular complexity index is 463. The number of hydrogen-bond acceptors (Lipinski definition) is 2. The molecule has 0 unspecified atom stereocenters. The second-order valence-electron chi connectivity index (χ2n) is 4.33. The predicted molar refractivity (Wildman–Crippen MR) is 74.7 cm³/mol. The topological polar surface area (TPSA) is 57.6 Å². The molecule has 0 aromatic heterocycles. The van der Waals surface area contributed by atoms with Gasteiger partial charge in [0.1, 0.15) is 0 Å². The van der Waals surface area contributed by atoms with Crippen molar-refractivity contribution in [1.82, 2.24) is 4.90 Å². The van der Waals surface area contributed by atoms with Crippen molar-refractivity contribution in [3.05, 3.63) is 41.5 Å².